The molecule has 1 fully saturated rings. The maximum atomic E-state index is 13.6. The summed E-state index contributed by atoms with van der Waals surface area (Å²) in [7, 11) is -4.05. The molecule has 0 aromatic heterocycles. The molecule has 36 heavy (non-hydrogen) atoms. The molecule has 2 amide bonds. The van der Waals surface area contributed by atoms with E-state index in [1.165, 1.54) is 12.1 Å². The highest BCUT2D eigenvalue weighted by atomic mass is 79.9. The molecule has 3 aromatic carbocycles. The largest absolute Gasteiger partial charge is 0.378 e. The van der Waals surface area contributed by atoms with Crippen molar-refractivity contribution in [1.29, 1.82) is 0 Å². The van der Waals surface area contributed by atoms with E-state index in [1.54, 1.807) is 65.6 Å². The van der Waals surface area contributed by atoms with Gasteiger partial charge in [0, 0.05) is 17.6 Å². The molecule has 0 bridgehead atoms. The fourth-order valence-electron chi connectivity index (χ4n) is 3.80. The van der Waals surface area contributed by atoms with Gasteiger partial charge in [-0.25, -0.2) is 8.42 Å². The fourth-order valence-corrected chi connectivity index (χ4v) is 5.48. The Hall–Kier alpha value is -3.21. The van der Waals surface area contributed by atoms with E-state index in [-0.39, 0.29) is 10.8 Å². The van der Waals surface area contributed by atoms with Gasteiger partial charge >= 0.3 is 0 Å². The highest BCUT2D eigenvalue weighted by Gasteiger charge is 2.28. The minimum Gasteiger partial charge on any atom is -0.378 e. The highest BCUT2D eigenvalue weighted by Crippen LogP contribution is 2.26. The molecule has 3 aromatic rings. The summed E-state index contributed by atoms with van der Waals surface area (Å²) in [6.07, 6.45) is 0. The molecule has 1 heterocycles. The van der Waals surface area contributed by atoms with Crippen LogP contribution in [-0.2, 0) is 19.6 Å². The Morgan fingerprint density at radius 1 is 0.972 bits per heavy atom. The Morgan fingerprint density at radius 3 is 2.28 bits per heavy atom. The Morgan fingerprint density at radius 2 is 1.61 bits per heavy atom. The van der Waals surface area contributed by atoms with Crippen molar-refractivity contribution in [1.82, 2.24) is 4.90 Å². The van der Waals surface area contributed by atoms with Crippen LogP contribution in [-0.4, -0.2) is 58.0 Å². The van der Waals surface area contributed by atoms with E-state index in [1.807, 2.05) is 6.92 Å². The fraction of sp³-hybridized carbons (Fsp3) is 0.231. The smallest absolute Gasteiger partial charge is 0.264 e. The number of rotatable bonds is 7. The van der Waals surface area contributed by atoms with E-state index in [0.717, 1.165) is 14.3 Å². The van der Waals surface area contributed by atoms with Crippen LogP contribution < -0.4 is 9.62 Å². The molecule has 0 spiro atoms. The van der Waals surface area contributed by atoms with Gasteiger partial charge in [0.05, 0.1) is 35.0 Å². The third-order valence-electron chi connectivity index (χ3n) is 5.74. The standard InChI is InChI=1S/C26H26BrN3O5S/c1-19-6-12-22(13-7-19)36(33,34)30(21-10-8-20(27)9-11-21)18-25(31)28-24-5-3-2-4-23(24)26(32)29-14-16-35-17-15-29/h2-13H,14-18H2,1H3,(H,28,31). The van der Waals surface area contributed by atoms with Crippen LogP contribution in [0.4, 0.5) is 11.4 Å². The predicted octanol–water partition coefficient (Wildman–Crippen LogP) is 4.06. The van der Waals surface area contributed by atoms with E-state index < -0.39 is 22.5 Å². The van der Waals surface area contributed by atoms with Crippen molar-refractivity contribution in [2.75, 3.05) is 42.5 Å². The molecule has 4 rings (SSSR count). The molecule has 0 radical (unpaired) electrons. The lowest BCUT2D eigenvalue weighted by atomic mass is 10.1. The SMILES string of the molecule is Cc1ccc(S(=O)(=O)N(CC(=O)Nc2ccccc2C(=O)N2CCOCC2)c2ccc(Br)cc2)cc1. The van der Waals surface area contributed by atoms with Gasteiger partial charge in [0.25, 0.3) is 15.9 Å². The highest BCUT2D eigenvalue weighted by molar-refractivity contribution is 9.10. The van der Waals surface area contributed by atoms with Crippen LogP contribution in [0.3, 0.4) is 0 Å². The summed E-state index contributed by atoms with van der Waals surface area (Å²) in [5.41, 5.74) is 1.92. The van der Waals surface area contributed by atoms with Gasteiger partial charge in [-0.3, -0.25) is 13.9 Å². The van der Waals surface area contributed by atoms with Gasteiger partial charge in [0.15, 0.2) is 0 Å². The number of halogens is 1. The first-order valence-electron chi connectivity index (χ1n) is 11.4. The zero-order valence-electron chi connectivity index (χ0n) is 19.7. The van der Waals surface area contributed by atoms with Crippen molar-refractivity contribution in [3.05, 3.63) is 88.4 Å². The number of hydrogen-bond donors (Lipinski definition) is 1. The van der Waals surface area contributed by atoms with Crippen molar-refractivity contribution < 1.29 is 22.7 Å². The average Bonchev–Trinajstić information content (AvgIpc) is 2.88. The second kappa shape index (κ2) is 11.2. The lowest BCUT2D eigenvalue weighted by molar-refractivity contribution is -0.114. The first-order valence-corrected chi connectivity index (χ1v) is 13.6. The number of carbonyl (C=O) groups excluding carboxylic acids is 2. The third kappa shape index (κ3) is 5.95. The van der Waals surface area contributed by atoms with Crippen LogP contribution in [0.25, 0.3) is 0 Å². The van der Waals surface area contributed by atoms with Gasteiger partial charge < -0.3 is 15.0 Å². The lowest BCUT2D eigenvalue weighted by Crippen LogP contribution is -2.41. The Balaban J connectivity index is 1.61. The first-order chi connectivity index (χ1) is 17.3. The number of ether oxygens (including phenoxy) is 1. The Bertz CT molecular complexity index is 1340. The van der Waals surface area contributed by atoms with Crippen LogP contribution >= 0.6 is 15.9 Å². The van der Waals surface area contributed by atoms with Crippen molar-refractivity contribution >= 4 is 49.1 Å². The number of carbonyl (C=O) groups is 2. The molecule has 1 aliphatic heterocycles. The summed E-state index contributed by atoms with van der Waals surface area (Å²) in [5, 5.41) is 2.74. The van der Waals surface area contributed by atoms with Crippen LogP contribution in [0, 0.1) is 6.92 Å². The van der Waals surface area contributed by atoms with Gasteiger partial charge in [-0.2, -0.15) is 0 Å². The number of hydrogen-bond acceptors (Lipinski definition) is 5. The maximum Gasteiger partial charge on any atom is 0.264 e. The summed E-state index contributed by atoms with van der Waals surface area (Å²) >= 11 is 3.36. The van der Waals surface area contributed by atoms with Crippen molar-refractivity contribution in [2.24, 2.45) is 0 Å². The number of amides is 2. The summed E-state index contributed by atoms with van der Waals surface area (Å²) in [6, 6.07) is 19.8. The number of anilines is 2. The van der Waals surface area contributed by atoms with Crippen molar-refractivity contribution in [3.63, 3.8) is 0 Å². The molecule has 0 atom stereocenters. The molecule has 1 saturated heterocycles. The summed E-state index contributed by atoms with van der Waals surface area (Å²) in [6.45, 7) is 3.24. The molecule has 8 nitrogen and oxygen atoms in total. The number of aryl methyl sites for hydroxylation is 1. The molecular weight excluding hydrogens is 546 g/mol. The van der Waals surface area contributed by atoms with Gasteiger partial charge in [-0.15, -0.1) is 0 Å². The number of para-hydroxylation sites is 1. The monoisotopic (exact) mass is 571 g/mol. The normalized spacial score (nSPS) is 13.8. The molecule has 0 unspecified atom stereocenters. The van der Waals surface area contributed by atoms with Gasteiger partial charge in [0.1, 0.15) is 6.54 Å². The van der Waals surface area contributed by atoms with E-state index in [0.29, 0.717) is 43.2 Å². The molecule has 0 saturated carbocycles. The number of morpholine rings is 1. The zero-order chi connectivity index (χ0) is 25.7. The Labute approximate surface area is 219 Å². The van der Waals surface area contributed by atoms with Crippen LogP contribution in [0.5, 0.6) is 0 Å². The Kier molecular flexibility index (Phi) is 8.07. The molecule has 1 aliphatic rings. The topological polar surface area (TPSA) is 96.0 Å². The lowest BCUT2D eigenvalue weighted by Gasteiger charge is -2.28. The van der Waals surface area contributed by atoms with E-state index >= 15 is 0 Å². The van der Waals surface area contributed by atoms with Gasteiger partial charge in [-0.05, 0) is 55.5 Å². The minimum absolute atomic E-state index is 0.0757. The summed E-state index contributed by atoms with van der Waals surface area (Å²) in [4.78, 5) is 28.0. The van der Waals surface area contributed by atoms with Crippen molar-refractivity contribution in [2.45, 2.75) is 11.8 Å². The molecule has 1 N–H and O–H groups in total. The van der Waals surface area contributed by atoms with E-state index in [9.17, 15) is 18.0 Å². The van der Waals surface area contributed by atoms with Gasteiger partial charge in [0.2, 0.25) is 5.91 Å². The van der Waals surface area contributed by atoms with E-state index in [2.05, 4.69) is 21.2 Å². The van der Waals surface area contributed by atoms with E-state index in [4.69, 9.17) is 4.74 Å². The summed E-state index contributed by atoms with van der Waals surface area (Å²) < 4.78 is 34.3. The number of nitrogens with zero attached hydrogens (tertiary/aromatic N) is 2. The quantitative estimate of drug-likeness (QED) is 0.461. The minimum atomic E-state index is -4.05. The average molecular weight is 572 g/mol. The van der Waals surface area contributed by atoms with Gasteiger partial charge in [-0.1, -0.05) is 45.8 Å². The van der Waals surface area contributed by atoms with Crippen LogP contribution in [0.1, 0.15) is 15.9 Å². The second-order valence-electron chi connectivity index (χ2n) is 8.30. The van der Waals surface area contributed by atoms with Crippen molar-refractivity contribution in [3.8, 4) is 0 Å². The maximum absolute atomic E-state index is 13.6. The first kappa shape index (κ1) is 25.9. The molecule has 10 heteroatoms. The number of benzene rings is 3. The third-order valence-corrected chi connectivity index (χ3v) is 8.06. The molecule has 188 valence electrons. The number of sulfonamides is 1. The van der Waals surface area contributed by atoms with Crippen LogP contribution in [0.2, 0.25) is 0 Å². The number of nitrogens with one attached hydrogen (secondary N) is 1. The zero-order valence-corrected chi connectivity index (χ0v) is 22.1. The molecule has 0 aliphatic carbocycles. The summed E-state index contributed by atoms with van der Waals surface area (Å²) in [5.74, 6) is -0.790. The second-order valence-corrected chi connectivity index (χ2v) is 11.1. The van der Waals surface area contributed by atoms with Crippen LogP contribution in [0.15, 0.2) is 82.2 Å². The predicted molar refractivity (Wildman–Crippen MR) is 142 cm³/mol. The molecular formula is C26H26BrN3O5S.